The maximum atomic E-state index is 10.8. The second-order valence-corrected chi connectivity index (χ2v) is 6.22. The average molecular weight is 311 g/mol. The molecule has 2 aromatic rings. The van der Waals surface area contributed by atoms with Gasteiger partial charge in [-0.25, -0.2) is 4.98 Å². The van der Waals surface area contributed by atoms with Crippen LogP contribution in [0.4, 0.5) is 11.5 Å². The number of aromatic nitrogens is 1. The zero-order chi connectivity index (χ0) is 16.4. The van der Waals surface area contributed by atoms with Crippen LogP contribution in [0.15, 0.2) is 30.5 Å². The first-order chi connectivity index (χ1) is 11.0. The van der Waals surface area contributed by atoms with Gasteiger partial charge in [0.1, 0.15) is 12.0 Å². The Balaban J connectivity index is 1.79. The Bertz CT molecular complexity index is 743. The van der Waals surface area contributed by atoms with E-state index in [1.165, 1.54) is 42.1 Å². The highest BCUT2D eigenvalue weighted by Gasteiger charge is 2.15. The molecular weight excluding hydrogens is 290 g/mol. The minimum atomic E-state index is -0.420. The lowest BCUT2D eigenvalue weighted by Crippen LogP contribution is -2.11. The van der Waals surface area contributed by atoms with Crippen molar-refractivity contribution in [3.63, 3.8) is 0 Å². The summed E-state index contributed by atoms with van der Waals surface area (Å²) in [5.74, 6) is 0.695. The molecule has 23 heavy (non-hydrogen) atoms. The lowest BCUT2D eigenvalue weighted by Gasteiger charge is -2.21. The fourth-order valence-electron chi connectivity index (χ4n) is 3.12. The zero-order valence-corrected chi connectivity index (χ0v) is 13.5. The highest BCUT2D eigenvalue weighted by atomic mass is 16.6. The van der Waals surface area contributed by atoms with E-state index < -0.39 is 4.92 Å². The van der Waals surface area contributed by atoms with Crippen molar-refractivity contribution in [3.05, 3.63) is 62.8 Å². The van der Waals surface area contributed by atoms with Crippen molar-refractivity contribution in [2.24, 2.45) is 0 Å². The number of rotatable bonds is 4. The van der Waals surface area contributed by atoms with Gasteiger partial charge in [0, 0.05) is 12.1 Å². The van der Waals surface area contributed by atoms with Crippen molar-refractivity contribution in [3.8, 4) is 0 Å². The van der Waals surface area contributed by atoms with Crippen molar-refractivity contribution in [1.29, 1.82) is 0 Å². The molecule has 1 aliphatic carbocycles. The first kappa shape index (κ1) is 15.5. The van der Waals surface area contributed by atoms with Crippen LogP contribution in [0.1, 0.15) is 48.1 Å². The Kier molecular flexibility index (Phi) is 4.28. The van der Waals surface area contributed by atoms with Crippen LogP contribution < -0.4 is 5.32 Å². The minimum Gasteiger partial charge on any atom is -0.363 e. The van der Waals surface area contributed by atoms with Gasteiger partial charge in [-0.3, -0.25) is 10.1 Å². The summed E-state index contributed by atoms with van der Waals surface area (Å²) in [6.45, 7) is 3.93. The van der Waals surface area contributed by atoms with Gasteiger partial charge in [0.05, 0.1) is 4.92 Å². The van der Waals surface area contributed by atoms with Crippen LogP contribution in [0.3, 0.4) is 0 Å². The van der Waals surface area contributed by atoms with Gasteiger partial charge in [0.2, 0.25) is 0 Å². The number of anilines is 1. The van der Waals surface area contributed by atoms with Crippen LogP contribution in [0.25, 0.3) is 0 Å². The third kappa shape index (κ3) is 3.33. The number of fused-ring (bicyclic) bond motifs is 1. The standard InChI is InChI=1S/C18H21N3O2/c1-12-9-17(21(22)23)11-19-18(12)20-13(2)15-8-7-14-5-3-4-6-16(14)10-15/h7-11,13H,3-6H2,1-2H3,(H,19,20). The molecule has 1 aromatic heterocycles. The molecule has 5 nitrogen and oxygen atoms in total. The maximum absolute atomic E-state index is 10.8. The summed E-state index contributed by atoms with van der Waals surface area (Å²) in [5.41, 5.74) is 4.95. The second-order valence-electron chi connectivity index (χ2n) is 6.22. The van der Waals surface area contributed by atoms with Crippen molar-refractivity contribution < 1.29 is 4.92 Å². The van der Waals surface area contributed by atoms with Crippen molar-refractivity contribution >= 4 is 11.5 Å². The lowest BCUT2D eigenvalue weighted by molar-refractivity contribution is -0.385. The smallest absolute Gasteiger partial charge is 0.287 e. The lowest BCUT2D eigenvalue weighted by atomic mass is 9.89. The molecule has 0 radical (unpaired) electrons. The van der Waals surface area contributed by atoms with Crippen LogP contribution in [0.2, 0.25) is 0 Å². The summed E-state index contributed by atoms with van der Waals surface area (Å²) >= 11 is 0. The molecule has 0 amide bonds. The highest BCUT2D eigenvalue weighted by molar-refractivity contribution is 5.50. The van der Waals surface area contributed by atoms with Crippen LogP contribution >= 0.6 is 0 Å². The molecule has 0 saturated carbocycles. The molecule has 1 atom stereocenters. The monoisotopic (exact) mass is 311 g/mol. The summed E-state index contributed by atoms with van der Waals surface area (Å²) in [7, 11) is 0. The highest BCUT2D eigenvalue weighted by Crippen LogP contribution is 2.27. The molecule has 1 aliphatic rings. The normalized spacial score (nSPS) is 14.9. The maximum Gasteiger partial charge on any atom is 0.287 e. The number of hydrogen-bond donors (Lipinski definition) is 1. The number of pyridine rings is 1. The van der Waals surface area contributed by atoms with Crippen molar-refractivity contribution in [2.45, 2.75) is 45.6 Å². The molecule has 0 fully saturated rings. The average Bonchev–Trinajstić information content (AvgIpc) is 2.56. The molecule has 0 saturated heterocycles. The molecule has 0 bridgehead atoms. The zero-order valence-electron chi connectivity index (χ0n) is 13.5. The SMILES string of the molecule is Cc1cc([N+](=O)[O-])cnc1NC(C)c1ccc2c(c1)CCCC2. The van der Waals surface area contributed by atoms with E-state index in [1.807, 2.05) is 6.92 Å². The second kappa shape index (κ2) is 6.36. The first-order valence-corrected chi connectivity index (χ1v) is 8.04. The van der Waals surface area contributed by atoms with E-state index in [0.29, 0.717) is 5.82 Å². The molecule has 5 heteroatoms. The minimum absolute atomic E-state index is 0.0227. The van der Waals surface area contributed by atoms with E-state index in [9.17, 15) is 10.1 Å². The third-order valence-electron chi connectivity index (χ3n) is 4.50. The molecule has 1 unspecified atom stereocenters. The van der Waals surface area contributed by atoms with Gasteiger partial charge < -0.3 is 5.32 Å². The Labute approximate surface area is 135 Å². The van der Waals surface area contributed by atoms with E-state index in [4.69, 9.17) is 0 Å². The van der Waals surface area contributed by atoms with E-state index in [0.717, 1.165) is 12.0 Å². The van der Waals surface area contributed by atoms with E-state index in [1.54, 1.807) is 6.07 Å². The van der Waals surface area contributed by atoms with Crippen molar-refractivity contribution in [2.75, 3.05) is 5.32 Å². The topological polar surface area (TPSA) is 68.1 Å². The number of aryl methyl sites for hydroxylation is 3. The predicted octanol–water partition coefficient (Wildman–Crippen LogP) is 4.35. The van der Waals surface area contributed by atoms with Gasteiger partial charge in [-0.1, -0.05) is 18.2 Å². The Morgan fingerprint density at radius 1 is 1.22 bits per heavy atom. The van der Waals surface area contributed by atoms with E-state index in [2.05, 4.69) is 35.4 Å². The molecule has 1 N–H and O–H groups in total. The van der Waals surface area contributed by atoms with Crippen molar-refractivity contribution in [1.82, 2.24) is 4.98 Å². The van der Waals surface area contributed by atoms with Gasteiger partial charge in [-0.2, -0.15) is 0 Å². The molecule has 1 aromatic carbocycles. The summed E-state index contributed by atoms with van der Waals surface area (Å²) in [6, 6.07) is 8.34. The number of nitro groups is 1. The van der Waals surface area contributed by atoms with Gasteiger partial charge in [-0.15, -0.1) is 0 Å². The van der Waals surface area contributed by atoms with Crippen LogP contribution in [0, 0.1) is 17.0 Å². The first-order valence-electron chi connectivity index (χ1n) is 8.04. The van der Waals surface area contributed by atoms with E-state index >= 15 is 0 Å². The number of benzene rings is 1. The summed E-state index contributed by atoms with van der Waals surface area (Å²) < 4.78 is 0. The largest absolute Gasteiger partial charge is 0.363 e. The fourth-order valence-corrected chi connectivity index (χ4v) is 3.12. The third-order valence-corrected chi connectivity index (χ3v) is 4.50. The quantitative estimate of drug-likeness (QED) is 0.673. The Morgan fingerprint density at radius 3 is 2.65 bits per heavy atom. The van der Waals surface area contributed by atoms with Gasteiger partial charge in [0.25, 0.3) is 5.69 Å². The summed E-state index contributed by atoms with van der Waals surface area (Å²) in [6.07, 6.45) is 6.19. The van der Waals surface area contributed by atoms with Crippen LogP contribution in [0.5, 0.6) is 0 Å². The molecule has 1 heterocycles. The number of hydrogen-bond acceptors (Lipinski definition) is 4. The Morgan fingerprint density at radius 2 is 1.96 bits per heavy atom. The Hall–Kier alpha value is -2.43. The molecule has 0 spiro atoms. The molecule has 0 aliphatic heterocycles. The summed E-state index contributed by atoms with van der Waals surface area (Å²) in [4.78, 5) is 14.6. The molecule has 120 valence electrons. The van der Waals surface area contributed by atoms with Gasteiger partial charge in [-0.05, 0) is 61.8 Å². The number of nitrogens with one attached hydrogen (secondary N) is 1. The van der Waals surface area contributed by atoms with Gasteiger partial charge >= 0.3 is 0 Å². The van der Waals surface area contributed by atoms with Crippen LogP contribution in [-0.4, -0.2) is 9.91 Å². The predicted molar refractivity (Wildman–Crippen MR) is 90.8 cm³/mol. The molecular formula is C18H21N3O2. The summed E-state index contributed by atoms with van der Waals surface area (Å²) in [5, 5.41) is 14.2. The number of nitrogens with zero attached hydrogens (tertiary/aromatic N) is 2. The van der Waals surface area contributed by atoms with Crippen LogP contribution in [-0.2, 0) is 12.8 Å². The fraction of sp³-hybridized carbons (Fsp3) is 0.389. The van der Waals surface area contributed by atoms with Gasteiger partial charge in [0.15, 0.2) is 0 Å². The van der Waals surface area contributed by atoms with E-state index in [-0.39, 0.29) is 11.7 Å². The molecule has 3 rings (SSSR count).